The number of amides is 1. The number of nitrogens with zero attached hydrogens (tertiary/aromatic N) is 1. The van der Waals surface area contributed by atoms with Gasteiger partial charge >= 0.3 is 0 Å². The quantitative estimate of drug-likeness (QED) is 0.849. The molecule has 1 aromatic heterocycles. The van der Waals surface area contributed by atoms with E-state index in [1.165, 1.54) is 0 Å². The Kier molecular flexibility index (Phi) is 4.83. The highest BCUT2D eigenvalue weighted by Crippen LogP contribution is 2.26. The first-order valence-corrected chi connectivity index (χ1v) is 8.07. The molecule has 2 rings (SSSR count). The largest absolute Gasteiger partial charge is 0.345 e. The molecule has 0 bridgehead atoms. The normalized spacial score (nSPS) is 12.2. The van der Waals surface area contributed by atoms with Crippen molar-refractivity contribution in [2.45, 2.75) is 26.8 Å². The first kappa shape index (κ1) is 15.5. The Morgan fingerprint density at radius 3 is 2.75 bits per heavy atom. The van der Waals surface area contributed by atoms with Gasteiger partial charge in [-0.25, -0.2) is 4.98 Å². The SMILES string of the molecule is Cc1nc(C)c(C(C)NC(=O)c2cc(Br)ccc2Cl)s1. The Labute approximate surface area is 135 Å². The second-order valence-corrected chi connectivity index (χ2v) is 7.06. The molecule has 0 saturated carbocycles. The molecule has 1 unspecified atom stereocenters. The van der Waals surface area contributed by atoms with Crippen molar-refractivity contribution in [3.63, 3.8) is 0 Å². The Hall–Kier alpha value is -0.910. The summed E-state index contributed by atoms with van der Waals surface area (Å²) in [6.45, 7) is 5.86. The second-order valence-electron chi connectivity index (χ2n) is 4.50. The molecule has 0 spiro atoms. The van der Waals surface area contributed by atoms with Crippen LogP contribution in [0.4, 0.5) is 0 Å². The average molecular weight is 374 g/mol. The van der Waals surface area contributed by atoms with E-state index in [9.17, 15) is 4.79 Å². The molecule has 106 valence electrons. The lowest BCUT2D eigenvalue weighted by Gasteiger charge is -2.14. The van der Waals surface area contributed by atoms with Crippen molar-refractivity contribution in [3.05, 3.63) is 48.8 Å². The van der Waals surface area contributed by atoms with E-state index in [1.54, 1.807) is 29.5 Å². The van der Waals surface area contributed by atoms with Crippen LogP contribution >= 0.6 is 38.9 Å². The molecule has 0 radical (unpaired) electrons. The molecular formula is C14H14BrClN2OS. The Morgan fingerprint density at radius 1 is 1.45 bits per heavy atom. The summed E-state index contributed by atoms with van der Waals surface area (Å²) in [6, 6.07) is 5.13. The van der Waals surface area contributed by atoms with Crippen LogP contribution in [-0.2, 0) is 0 Å². The maximum absolute atomic E-state index is 12.3. The number of carbonyl (C=O) groups excluding carboxylic acids is 1. The summed E-state index contributed by atoms with van der Waals surface area (Å²) < 4.78 is 0.824. The zero-order valence-electron chi connectivity index (χ0n) is 11.3. The summed E-state index contributed by atoms with van der Waals surface area (Å²) in [4.78, 5) is 17.7. The molecule has 0 aliphatic carbocycles. The van der Waals surface area contributed by atoms with Gasteiger partial charge in [0.25, 0.3) is 5.91 Å². The fourth-order valence-electron chi connectivity index (χ4n) is 1.96. The number of nitrogens with one attached hydrogen (secondary N) is 1. The Balaban J connectivity index is 2.19. The van der Waals surface area contributed by atoms with Crippen LogP contribution in [0.15, 0.2) is 22.7 Å². The predicted octanol–water partition coefficient (Wildman–Crippen LogP) is 4.67. The zero-order valence-corrected chi connectivity index (χ0v) is 14.5. The van der Waals surface area contributed by atoms with Crippen molar-refractivity contribution in [2.75, 3.05) is 0 Å². The minimum atomic E-state index is -0.186. The van der Waals surface area contributed by atoms with Crippen molar-refractivity contribution >= 4 is 44.8 Å². The lowest BCUT2D eigenvalue weighted by molar-refractivity contribution is 0.0940. The van der Waals surface area contributed by atoms with Gasteiger partial charge < -0.3 is 5.32 Å². The molecule has 1 aromatic carbocycles. The van der Waals surface area contributed by atoms with Gasteiger partial charge in [0.1, 0.15) is 0 Å². The average Bonchev–Trinajstić information content (AvgIpc) is 2.71. The van der Waals surface area contributed by atoms with Gasteiger partial charge in [0.05, 0.1) is 27.3 Å². The Morgan fingerprint density at radius 2 is 2.15 bits per heavy atom. The molecule has 3 nitrogen and oxygen atoms in total. The molecule has 0 aliphatic heterocycles. The van der Waals surface area contributed by atoms with Gasteiger partial charge in [0, 0.05) is 9.35 Å². The molecule has 0 fully saturated rings. The first-order chi connectivity index (χ1) is 9.38. The third-order valence-corrected chi connectivity index (χ3v) is 4.93. The minimum absolute atomic E-state index is 0.0938. The Bertz CT molecular complexity index is 657. The highest BCUT2D eigenvalue weighted by molar-refractivity contribution is 9.10. The van der Waals surface area contributed by atoms with Crippen LogP contribution in [0.25, 0.3) is 0 Å². The third-order valence-electron chi connectivity index (χ3n) is 2.85. The number of halogens is 2. The van der Waals surface area contributed by atoms with E-state index in [1.807, 2.05) is 20.8 Å². The highest BCUT2D eigenvalue weighted by Gasteiger charge is 2.18. The zero-order chi connectivity index (χ0) is 14.9. The number of thiazole rings is 1. The van der Waals surface area contributed by atoms with Gasteiger partial charge in [-0.15, -0.1) is 11.3 Å². The van der Waals surface area contributed by atoms with Crippen molar-refractivity contribution in [3.8, 4) is 0 Å². The van der Waals surface area contributed by atoms with Crippen LogP contribution in [0, 0.1) is 13.8 Å². The monoisotopic (exact) mass is 372 g/mol. The van der Waals surface area contributed by atoms with Gasteiger partial charge in [0.2, 0.25) is 0 Å². The van der Waals surface area contributed by atoms with Crippen molar-refractivity contribution in [1.82, 2.24) is 10.3 Å². The van der Waals surface area contributed by atoms with Crippen molar-refractivity contribution in [2.24, 2.45) is 0 Å². The lowest BCUT2D eigenvalue weighted by atomic mass is 10.2. The van der Waals surface area contributed by atoms with E-state index < -0.39 is 0 Å². The summed E-state index contributed by atoms with van der Waals surface area (Å²) in [7, 11) is 0. The number of rotatable bonds is 3. The minimum Gasteiger partial charge on any atom is -0.345 e. The molecular weight excluding hydrogens is 360 g/mol. The van der Waals surface area contributed by atoms with Gasteiger partial charge in [-0.2, -0.15) is 0 Å². The van der Waals surface area contributed by atoms with Crippen LogP contribution in [0.5, 0.6) is 0 Å². The molecule has 1 heterocycles. The number of carbonyl (C=O) groups is 1. The van der Waals surface area contributed by atoms with E-state index in [0.717, 1.165) is 20.1 Å². The van der Waals surface area contributed by atoms with E-state index in [2.05, 4.69) is 26.2 Å². The lowest BCUT2D eigenvalue weighted by Crippen LogP contribution is -2.26. The summed E-state index contributed by atoms with van der Waals surface area (Å²) >= 11 is 11.0. The van der Waals surface area contributed by atoms with Crippen LogP contribution in [0.2, 0.25) is 5.02 Å². The van der Waals surface area contributed by atoms with Gasteiger partial charge in [-0.3, -0.25) is 4.79 Å². The van der Waals surface area contributed by atoms with E-state index in [0.29, 0.717) is 10.6 Å². The predicted molar refractivity (Wildman–Crippen MR) is 86.6 cm³/mol. The van der Waals surface area contributed by atoms with E-state index in [4.69, 9.17) is 11.6 Å². The number of hydrogen-bond donors (Lipinski definition) is 1. The first-order valence-electron chi connectivity index (χ1n) is 6.08. The fraction of sp³-hybridized carbons (Fsp3) is 0.286. The maximum atomic E-state index is 12.3. The summed E-state index contributed by atoms with van der Waals surface area (Å²) in [5.41, 5.74) is 1.42. The van der Waals surface area contributed by atoms with Crippen LogP contribution in [-0.4, -0.2) is 10.9 Å². The maximum Gasteiger partial charge on any atom is 0.253 e. The molecule has 2 aromatic rings. The number of aryl methyl sites for hydroxylation is 2. The number of hydrogen-bond acceptors (Lipinski definition) is 3. The molecule has 0 saturated heterocycles. The number of benzene rings is 1. The van der Waals surface area contributed by atoms with Crippen LogP contribution in [0.1, 0.15) is 38.9 Å². The second kappa shape index (κ2) is 6.24. The molecule has 1 N–H and O–H groups in total. The van der Waals surface area contributed by atoms with Crippen LogP contribution in [0.3, 0.4) is 0 Å². The van der Waals surface area contributed by atoms with Gasteiger partial charge in [-0.1, -0.05) is 27.5 Å². The molecule has 1 amide bonds. The summed E-state index contributed by atoms with van der Waals surface area (Å²) in [5.74, 6) is -0.186. The third kappa shape index (κ3) is 3.40. The standard InChI is InChI=1S/C14H14BrClN2OS/c1-7-13(20-9(3)17-7)8(2)18-14(19)11-6-10(15)4-5-12(11)16/h4-6,8H,1-3H3,(H,18,19). The van der Waals surface area contributed by atoms with E-state index >= 15 is 0 Å². The molecule has 20 heavy (non-hydrogen) atoms. The van der Waals surface area contributed by atoms with E-state index in [-0.39, 0.29) is 11.9 Å². The van der Waals surface area contributed by atoms with Crippen LogP contribution < -0.4 is 5.32 Å². The van der Waals surface area contributed by atoms with Crippen molar-refractivity contribution < 1.29 is 4.79 Å². The van der Waals surface area contributed by atoms with Gasteiger partial charge in [-0.05, 0) is 39.0 Å². The van der Waals surface area contributed by atoms with Crippen molar-refractivity contribution in [1.29, 1.82) is 0 Å². The highest BCUT2D eigenvalue weighted by atomic mass is 79.9. The molecule has 0 aliphatic rings. The molecule has 1 atom stereocenters. The smallest absolute Gasteiger partial charge is 0.253 e. The summed E-state index contributed by atoms with van der Waals surface area (Å²) in [5, 5.41) is 4.40. The summed E-state index contributed by atoms with van der Waals surface area (Å²) in [6.07, 6.45) is 0. The fourth-order valence-corrected chi connectivity index (χ4v) is 3.45. The molecule has 6 heteroatoms. The number of aromatic nitrogens is 1. The topological polar surface area (TPSA) is 42.0 Å². The van der Waals surface area contributed by atoms with Gasteiger partial charge in [0.15, 0.2) is 0 Å².